The number of anilines is 1. The van der Waals surface area contributed by atoms with Crippen molar-refractivity contribution in [2.24, 2.45) is 0 Å². The summed E-state index contributed by atoms with van der Waals surface area (Å²) >= 11 is 3.01. The van der Waals surface area contributed by atoms with Crippen molar-refractivity contribution in [3.63, 3.8) is 0 Å². The average molecular weight is 300 g/mol. The molecule has 0 saturated heterocycles. The Balaban J connectivity index is 1.81. The molecule has 20 heavy (non-hydrogen) atoms. The summed E-state index contributed by atoms with van der Waals surface area (Å²) in [4.78, 5) is 14.6. The van der Waals surface area contributed by atoms with Gasteiger partial charge in [0.25, 0.3) is 0 Å². The van der Waals surface area contributed by atoms with Gasteiger partial charge in [-0.05, 0) is 18.1 Å². The first-order valence-corrected chi connectivity index (χ1v) is 8.09. The lowest BCUT2D eigenvalue weighted by Gasteiger charge is -2.26. The molecule has 0 aliphatic carbocycles. The smallest absolute Gasteiger partial charge is 0.237 e. The third-order valence-corrected chi connectivity index (χ3v) is 5.47. The molecule has 5 heteroatoms. The zero-order valence-electron chi connectivity index (χ0n) is 10.7. The van der Waals surface area contributed by atoms with E-state index < -0.39 is 0 Å². The van der Waals surface area contributed by atoms with E-state index in [-0.39, 0.29) is 5.91 Å². The Bertz CT molecular complexity index is 673. The van der Waals surface area contributed by atoms with Crippen LogP contribution in [-0.4, -0.2) is 18.2 Å². The fourth-order valence-corrected chi connectivity index (χ4v) is 4.28. The van der Waals surface area contributed by atoms with Gasteiger partial charge in [0, 0.05) is 6.54 Å². The Labute approximate surface area is 125 Å². The Hall–Kier alpha value is -1.77. The third-order valence-electron chi connectivity index (χ3n) is 3.18. The maximum atomic E-state index is 12.1. The van der Waals surface area contributed by atoms with Crippen LogP contribution < -0.4 is 4.90 Å². The zero-order valence-corrected chi connectivity index (χ0v) is 12.3. The second kappa shape index (κ2) is 5.70. The van der Waals surface area contributed by atoms with Gasteiger partial charge in [0.2, 0.25) is 5.91 Å². The largest absolute Gasteiger partial charge is 0.309 e. The van der Waals surface area contributed by atoms with Crippen molar-refractivity contribution in [1.29, 1.82) is 5.26 Å². The van der Waals surface area contributed by atoms with Crippen molar-refractivity contribution >= 4 is 34.7 Å². The summed E-state index contributed by atoms with van der Waals surface area (Å²) in [5.74, 6) is 0.591. The van der Waals surface area contributed by atoms with E-state index in [1.54, 1.807) is 0 Å². The van der Waals surface area contributed by atoms with Crippen LogP contribution in [0.5, 0.6) is 0 Å². The van der Waals surface area contributed by atoms with E-state index in [0.717, 1.165) is 16.3 Å². The Morgan fingerprint density at radius 3 is 2.85 bits per heavy atom. The summed E-state index contributed by atoms with van der Waals surface area (Å²) in [5, 5.41) is 8.99. The van der Waals surface area contributed by atoms with Crippen LogP contribution in [0.25, 0.3) is 0 Å². The molecule has 1 amide bonds. The van der Waals surface area contributed by atoms with Crippen LogP contribution in [0.4, 0.5) is 5.69 Å². The van der Waals surface area contributed by atoms with Gasteiger partial charge in [-0.25, -0.2) is 0 Å². The van der Waals surface area contributed by atoms with Crippen LogP contribution in [0.2, 0.25) is 0 Å². The molecule has 0 spiro atoms. The van der Waals surface area contributed by atoms with Crippen LogP contribution >= 0.6 is 23.1 Å². The van der Waals surface area contributed by atoms with Gasteiger partial charge in [0.15, 0.2) is 0 Å². The van der Waals surface area contributed by atoms with Crippen LogP contribution in [0.1, 0.15) is 10.4 Å². The Morgan fingerprint density at radius 2 is 2.10 bits per heavy atom. The van der Waals surface area contributed by atoms with Gasteiger partial charge >= 0.3 is 0 Å². The van der Waals surface area contributed by atoms with Crippen molar-refractivity contribution < 1.29 is 4.79 Å². The summed E-state index contributed by atoms with van der Waals surface area (Å²) in [7, 11) is 0. The van der Waals surface area contributed by atoms with E-state index in [9.17, 15) is 4.79 Å². The minimum atomic E-state index is 0.126. The molecule has 1 aromatic carbocycles. The van der Waals surface area contributed by atoms with Crippen LogP contribution in [0.15, 0.2) is 40.6 Å². The van der Waals surface area contributed by atoms with E-state index in [4.69, 9.17) is 5.26 Å². The molecule has 0 saturated carbocycles. The lowest BCUT2D eigenvalue weighted by atomic mass is 10.1. The molecule has 2 aromatic rings. The highest BCUT2D eigenvalue weighted by Gasteiger charge is 2.26. The predicted molar refractivity (Wildman–Crippen MR) is 82.3 cm³/mol. The lowest BCUT2D eigenvalue weighted by molar-refractivity contribution is -0.116. The van der Waals surface area contributed by atoms with Crippen LogP contribution in [0, 0.1) is 11.3 Å². The van der Waals surface area contributed by atoms with E-state index in [0.29, 0.717) is 17.2 Å². The van der Waals surface area contributed by atoms with Crippen molar-refractivity contribution in [2.75, 3.05) is 17.2 Å². The number of nitrogens with zero attached hydrogens (tertiary/aromatic N) is 2. The molecule has 0 atom stereocenters. The van der Waals surface area contributed by atoms with Crippen molar-refractivity contribution in [3.8, 4) is 6.07 Å². The number of hydrogen-bond donors (Lipinski definition) is 0. The summed E-state index contributed by atoms with van der Waals surface area (Å²) in [6.45, 7) is 0.665. The molecule has 0 unspecified atom stereocenters. The lowest BCUT2D eigenvalue weighted by Crippen LogP contribution is -2.36. The summed E-state index contributed by atoms with van der Waals surface area (Å²) in [6.07, 6.45) is 0.828. The Kier molecular flexibility index (Phi) is 3.77. The molecule has 1 aliphatic rings. The normalized spacial score (nSPS) is 13.9. The monoisotopic (exact) mass is 300 g/mol. The maximum Gasteiger partial charge on any atom is 0.237 e. The number of nitriles is 1. The molecule has 1 aromatic heterocycles. The fourth-order valence-electron chi connectivity index (χ4n) is 2.18. The third kappa shape index (κ3) is 2.58. The van der Waals surface area contributed by atoms with Crippen molar-refractivity contribution in [3.05, 3.63) is 46.8 Å². The molecule has 2 heterocycles. The topological polar surface area (TPSA) is 44.1 Å². The summed E-state index contributed by atoms with van der Waals surface area (Å²) < 4.78 is 1.08. The van der Waals surface area contributed by atoms with Gasteiger partial charge in [-0.2, -0.15) is 5.26 Å². The molecule has 100 valence electrons. The first-order valence-electron chi connectivity index (χ1n) is 6.29. The van der Waals surface area contributed by atoms with Gasteiger partial charge in [0.05, 0.1) is 15.6 Å². The molecule has 0 N–H and O–H groups in total. The first-order chi connectivity index (χ1) is 9.78. The van der Waals surface area contributed by atoms with Crippen LogP contribution in [-0.2, 0) is 11.2 Å². The highest BCUT2D eigenvalue weighted by molar-refractivity contribution is 8.02. The maximum absolute atomic E-state index is 12.1. The van der Waals surface area contributed by atoms with E-state index in [1.807, 2.05) is 29.2 Å². The minimum absolute atomic E-state index is 0.126. The Morgan fingerprint density at radius 1 is 1.30 bits per heavy atom. The molecule has 1 aliphatic heterocycles. The number of carbonyl (C=O) groups excluding carboxylic acids is 1. The zero-order chi connectivity index (χ0) is 13.9. The molecular weight excluding hydrogens is 288 g/mol. The number of benzene rings is 1. The van der Waals surface area contributed by atoms with Gasteiger partial charge in [0.1, 0.15) is 10.9 Å². The number of thiophene rings is 1. The molecule has 0 radical (unpaired) electrons. The second-order valence-corrected chi connectivity index (χ2v) is 6.76. The average Bonchev–Trinajstić information content (AvgIpc) is 2.91. The van der Waals surface area contributed by atoms with Crippen molar-refractivity contribution in [2.45, 2.75) is 10.6 Å². The number of amides is 1. The number of hydrogen-bond acceptors (Lipinski definition) is 4. The molecule has 0 fully saturated rings. The standard InChI is InChI=1S/C15H12N2OS2/c16-9-12-8-13-15(20-12)19-10-14(18)17(13)7-6-11-4-2-1-3-5-11/h1-5,8H,6-7,10H2. The summed E-state index contributed by atoms with van der Waals surface area (Å²) in [5.41, 5.74) is 2.12. The van der Waals surface area contributed by atoms with E-state index in [2.05, 4.69) is 18.2 Å². The highest BCUT2D eigenvalue weighted by Crippen LogP contribution is 2.41. The molecule has 3 nitrogen and oxygen atoms in total. The van der Waals surface area contributed by atoms with Crippen LogP contribution in [0.3, 0.4) is 0 Å². The second-order valence-electron chi connectivity index (χ2n) is 4.46. The minimum Gasteiger partial charge on any atom is -0.309 e. The first kappa shape index (κ1) is 13.2. The number of thioether (sulfide) groups is 1. The van der Waals surface area contributed by atoms with Crippen molar-refractivity contribution in [1.82, 2.24) is 0 Å². The summed E-state index contributed by atoms with van der Waals surface area (Å²) in [6, 6.07) is 14.1. The SMILES string of the molecule is N#Cc1cc2c(s1)SCC(=O)N2CCc1ccccc1. The highest BCUT2D eigenvalue weighted by atomic mass is 32.2. The predicted octanol–water partition coefficient (Wildman–Crippen LogP) is 3.30. The quantitative estimate of drug-likeness (QED) is 0.873. The number of rotatable bonds is 3. The number of fused-ring (bicyclic) bond motifs is 1. The van der Waals surface area contributed by atoms with Gasteiger partial charge in [-0.3, -0.25) is 4.79 Å². The molecular formula is C15H12N2OS2. The molecule has 0 bridgehead atoms. The van der Waals surface area contributed by atoms with Gasteiger partial charge < -0.3 is 4.90 Å². The van der Waals surface area contributed by atoms with E-state index in [1.165, 1.54) is 28.7 Å². The van der Waals surface area contributed by atoms with Gasteiger partial charge in [-0.15, -0.1) is 23.1 Å². The number of carbonyl (C=O) groups is 1. The fraction of sp³-hybridized carbons (Fsp3) is 0.200. The van der Waals surface area contributed by atoms with Gasteiger partial charge in [-0.1, -0.05) is 30.3 Å². The van der Waals surface area contributed by atoms with E-state index >= 15 is 0 Å². The molecule has 3 rings (SSSR count).